The van der Waals surface area contributed by atoms with Crippen molar-refractivity contribution in [3.8, 4) is 0 Å². The first-order chi connectivity index (χ1) is 9.21. The fraction of sp³-hybridized carbons (Fsp3) is 1.00. The van der Waals surface area contributed by atoms with E-state index in [9.17, 15) is 0 Å². The molecule has 1 aliphatic heterocycles. The zero-order chi connectivity index (χ0) is 13.3. The third kappa shape index (κ3) is 3.32. The summed E-state index contributed by atoms with van der Waals surface area (Å²) in [6, 6.07) is 0.946. The average molecular weight is 265 g/mol. The van der Waals surface area contributed by atoms with Crippen molar-refractivity contribution in [1.29, 1.82) is 0 Å². The molecule has 0 atom stereocenters. The van der Waals surface area contributed by atoms with Crippen LogP contribution in [0, 0.1) is 11.3 Å². The van der Waals surface area contributed by atoms with Crippen LogP contribution >= 0.6 is 0 Å². The maximum Gasteiger partial charge on any atom is 0.0113 e. The van der Waals surface area contributed by atoms with Gasteiger partial charge in [-0.2, -0.15) is 0 Å². The molecule has 1 saturated heterocycles. The summed E-state index contributed by atoms with van der Waals surface area (Å²) >= 11 is 0. The van der Waals surface area contributed by atoms with Gasteiger partial charge in [0.05, 0.1) is 0 Å². The molecule has 2 N–H and O–H groups in total. The lowest BCUT2D eigenvalue weighted by Gasteiger charge is -2.44. The van der Waals surface area contributed by atoms with Crippen molar-refractivity contribution in [2.45, 2.75) is 51.5 Å². The fourth-order valence-corrected chi connectivity index (χ4v) is 4.00. The second-order valence-corrected chi connectivity index (χ2v) is 7.43. The molecular formula is C16H31N3. The summed E-state index contributed by atoms with van der Waals surface area (Å²) in [5.41, 5.74) is 6.59. The molecule has 0 bridgehead atoms. The first-order valence-corrected chi connectivity index (χ1v) is 8.37. The van der Waals surface area contributed by atoms with E-state index in [0.29, 0.717) is 5.41 Å². The summed E-state index contributed by atoms with van der Waals surface area (Å²) in [6.07, 6.45) is 8.38. The Morgan fingerprint density at radius 3 is 2.16 bits per heavy atom. The first-order valence-electron chi connectivity index (χ1n) is 8.37. The summed E-state index contributed by atoms with van der Waals surface area (Å²) < 4.78 is 0. The van der Waals surface area contributed by atoms with E-state index >= 15 is 0 Å². The lowest BCUT2D eigenvalue weighted by Crippen LogP contribution is -2.52. The van der Waals surface area contributed by atoms with Crippen molar-refractivity contribution in [2.75, 3.05) is 39.3 Å². The quantitative estimate of drug-likeness (QED) is 0.843. The molecular weight excluding hydrogens is 234 g/mol. The monoisotopic (exact) mass is 265 g/mol. The van der Waals surface area contributed by atoms with E-state index < -0.39 is 0 Å². The number of nitrogens with two attached hydrogens (primary N) is 1. The van der Waals surface area contributed by atoms with Gasteiger partial charge in [0.2, 0.25) is 0 Å². The van der Waals surface area contributed by atoms with Gasteiger partial charge in [-0.05, 0) is 43.6 Å². The number of piperazine rings is 1. The van der Waals surface area contributed by atoms with Crippen molar-refractivity contribution in [2.24, 2.45) is 17.1 Å². The summed E-state index contributed by atoms with van der Waals surface area (Å²) in [7, 11) is 0. The minimum atomic E-state index is 0.439. The van der Waals surface area contributed by atoms with Crippen LogP contribution in [-0.4, -0.2) is 55.1 Å². The van der Waals surface area contributed by atoms with E-state index in [1.807, 2.05) is 0 Å². The highest BCUT2D eigenvalue weighted by molar-refractivity contribution is 4.92. The molecule has 2 aliphatic carbocycles. The normalized spacial score (nSPS) is 38.5. The smallest absolute Gasteiger partial charge is 0.0113 e. The zero-order valence-corrected chi connectivity index (χ0v) is 12.6. The van der Waals surface area contributed by atoms with Crippen LogP contribution in [0.2, 0.25) is 0 Å². The van der Waals surface area contributed by atoms with Crippen molar-refractivity contribution < 1.29 is 0 Å². The molecule has 2 saturated carbocycles. The van der Waals surface area contributed by atoms with Crippen LogP contribution in [0.15, 0.2) is 0 Å². The van der Waals surface area contributed by atoms with Gasteiger partial charge in [0.15, 0.2) is 0 Å². The molecule has 0 aromatic heterocycles. The van der Waals surface area contributed by atoms with Crippen LogP contribution in [0.5, 0.6) is 0 Å². The second kappa shape index (κ2) is 5.71. The highest BCUT2D eigenvalue weighted by Gasteiger charge is 2.37. The van der Waals surface area contributed by atoms with Crippen LogP contribution in [-0.2, 0) is 0 Å². The number of rotatable bonds is 4. The van der Waals surface area contributed by atoms with Crippen LogP contribution in [0.4, 0.5) is 0 Å². The van der Waals surface area contributed by atoms with Crippen LogP contribution in [0.25, 0.3) is 0 Å². The van der Waals surface area contributed by atoms with Crippen LogP contribution in [0.3, 0.4) is 0 Å². The van der Waals surface area contributed by atoms with Gasteiger partial charge < -0.3 is 10.6 Å². The Balaban J connectivity index is 1.49. The molecule has 19 heavy (non-hydrogen) atoms. The van der Waals surface area contributed by atoms with Crippen LogP contribution < -0.4 is 5.73 Å². The zero-order valence-electron chi connectivity index (χ0n) is 12.6. The van der Waals surface area contributed by atoms with Gasteiger partial charge in [-0.15, -0.1) is 0 Å². The Hall–Kier alpha value is -0.120. The fourth-order valence-electron chi connectivity index (χ4n) is 4.00. The molecule has 0 aromatic carbocycles. The van der Waals surface area contributed by atoms with E-state index in [0.717, 1.165) is 18.5 Å². The third-order valence-electron chi connectivity index (χ3n) is 5.80. The Labute approximate surface area is 118 Å². The molecule has 3 fully saturated rings. The van der Waals surface area contributed by atoms with E-state index in [2.05, 4.69) is 16.7 Å². The van der Waals surface area contributed by atoms with Crippen LogP contribution in [0.1, 0.15) is 45.4 Å². The Kier molecular flexibility index (Phi) is 4.16. The maximum absolute atomic E-state index is 6.15. The van der Waals surface area contributed by atoms with Gasteiger partial charge >= 0.3 is 0 Å². The molecule has 0 unspecified atom stereocenters. The standard InChI is InChI=1S/C16H31N3/c1-14-4-6-16(12-17,7-5-14)13-18-8-10-19(11-9-18)15-2-3-15/h14-15H,2-13,17H2,1H3. The van der Waals surface area contributed by atoms with Gasteiger partial charge in [-0.3, -0.25) is 4.90 Å². The minimum Gasteiger partial charge on any atom is -0.330 e. The lowest BCUT2D eigenvalue weighted by atomic mass is 9.70. The molecule has 3 rings (SSSR count). The topological polar surface area (TPSA) is 32.5 Å². The van der Waals surface area contributed by atoms with Gasteiger partial charge in [0, 0.05) is 38.8 Å². The van der Waals surface area contributed by atoms with E-state index in [-0.39, 0.29) is 0 Å². The number of nitrogens with zero attached hydrogens (tertiary/aromatic N) is 2. The number of hydrogen-bond donors (Lipinski definition) is 1. The molecule has 1 heterocycles. The lowest BCUT2D eigenvalue weighted by molar-refractivity contribution is 0.0562. The van der Waals surface area contributed by atoms with E-state index in [1.165, 1.54) is 71.2 Å². The molecule has 0 radical (unpaired) electrons. The predicted molar refractivity (Wildman–Crippen MR) is 80.2 cm³/mol. The predicted octanol–water partition coefficient (Wildman–Crippen LogP) is 1.92. The van der Waals surface area contributed by atoms with Crippen molar-refractivity contribution >= 4 is 0 Å². The second-order valence-electron chi connectivity index (χ2n) is 7.43. The third-order valence-corrected chi connectivity index (χ3v) is 5.80. The SMILES string of the molecule is CC1CCC(CN)(CN2CCN(C3CC3)CC2)CC1. The van der Waals surface area contributed by atoms with Gasteiger partial charge in [-0.1, -0.05) is 19.8 Å². The molecule has 3 aliphatic rings. The Morgan fingerprint density at radius 2 is 1.63 bits per heavy atom. The van der Waals surface area contributed by atoms with Crippen molar-refractivity contribution in [1.82, 2.24) is 9.80 Å². The number of hydrogen-bond acceptors (Lipinski definition) is 3. The Morgan fingerprint density at radius 1 is 1.00 bits per heavy atom. The van der Waals surface area contributed by atoms with Crippen molar-refractivity contribution in [3.63, 3.8) is 0 Å². The average Bonchev–Trinajstić information content (AvgIpc) is 3.27. The maximum atomic E-state index is 6.15. The molecule has 110 valence electrons. The van der Waals surface area contributed by atoms with Gasteiger partial charge in [0.25, 0.3) is 0 Å². The first kappa shape index (κ1) is 13.8. The Bertz CT molecular complexity index is 284. The molecule has 3 heteroatoms. The molecule has 0 amide bonds. The van der Waals surface area contributed by atoms with Gasteiger partial charge in [-0.25, -0.2) is 0 Å². The molecule has 0 spiro atoms. The largest absolute Gasteiger partial charge is 0.330 e. The van der Waals surface area contributed by atoms with E-state index in [4.69, 9.17) is 5.73 Å². The summed E-state index contributed by atoms with van der Waals surface area (Å²) in [6.45, 7) is 9.68. The minimum absolute atomic E-state index is 0.439. The van der Waals surface area contributed by atoms with Gasteiger partial charge in [0.1, 0.15) is 0 Å². The summed E-state index contributed by atoms with van der Waals surface area (Å²) in [5, 5.41) is 0. The molecule has 3 nitrogen and oxygen atoms in total. The van der Waals surface area contributed by atoms with Crippen molar-refractivity contribution in [3.05, 3.63) is 0 Å². The summed E-state index contributed by atoms with van der Waals surface area (Å²) in [5.74, 6) is 0.923. The van der Waals surface area contributed by atoms with E-state index in [1.54, 1.807) is 0 Å². The molecule has 0 aromatic rings. The summed E-state index contributed by atoms with van der Waals surface area (Å²) in [4.78, 5) is 5.40. The highest BCUT2D eigenvalue weighted by atomic mass is 15.3. The highest BCUT2D eigenvalue weighted by Crippen LogP contribution is 2.39.